The molecule has 0 bridgehead atoms. The van der Waals surface area contributed by atoms with Gasteiger partial charge in [-0.05, 0) is 49.6 Å². The van der Waals surface area contributed by atoms with Gasteiger partial charge in [-0.25, -0.2) is 4.79 Å². The van der Waals surface area contributed by atoms with E-state index in [9.17, 15) is 9.59 Å². The fraction of sp³-hybridized carbons (Fsp3) is 0.300. The number of halogens is 1. The number of urea groups is 1. The van der Waals surface area contributed by atoms with Crippen LogP contribution in [0.4, 0.5) is 4.79 Å². The molecule has 2 rings (SSSR count). The van der Waals surface area contributed by atoms with E-state index in [1.807, 2.05) is 6.07 Å². The number of hydrogen-bond acceptors (Lipinski definition) is 2. The minimum absolute atomic E-state index is 0.164. The summed E-state index contributed by atoms with van der Waals surface area (Å²) < 4.78 is 0.853. The van der Waals surface area contributed by atoms with Crippen molar-refractivity contribution >= 4 is 27.9 Å². The lowest BCUT2D eigenvalue weighted by Gasteiger charge is -2.10. The molecule has 2 aromatic carbocycles. The van der Waals surface area contributed by atoms with Gasteiger partial charge in [0.25, 0.3) is 5.91 Å². The third-order valence-electron chi connectivity index (χ3n) is 3.96. The number of benzene rings is 2. The van der Waals surface area contributed by atoms with E-state index < -0.39 is 0 Å². The van der Waals surface area contributed by atoms with Crippen LogP contribution in [0.25, 0.3) is 0 Å². The molecule has 5 nitrogen and oxygen atoms in total. The number of rotatable bonds is 7. The molecule has 0 heterocycles. The predicted octanol–water partition coefficient (Wildman–Crippen LogP) is 3.34. The minimum atomic E-state index is -0.230. The first-order chi connectivity index (χ1) is 12.5. The summed E-state index contributed by atoms with van der Waals surface area (Å²) in [5, 5.41) is 8.34. The van der Waals surface area contributed by atoms with Gasteiger partial charge in [-0.15, -0.1) is 0 Å². The molecule has 0 unspecified atom stereocenters. The zero-order chi connectivity index (χ0) is 18.9. The van der Waals surface area contributed by atoms with Crippen molar-refractivity contribution in [3.8, 4) is 0 Å². The van der Waals surface area contributed by atoms with E-state index in [0.717, 1.165) is 10.9 Å². The molecule has 0 atom stereocenters. The van der Waals surface area contributed by atoms with E-state index in [0.29, 0.717) is 25.2 Å². The molecule has 3 N–H and O–H groups in total. The monoisotopic (exact) mass is 417 g/mol. The molecular weight excluding hydrogens is 394 g/mol. The summed E-state index contributed by atoms with van der Waals surface area (Å²) in [6.45, 7) is 5.46. The van der Waals surface area contributed by atoms with Gasteiger partial charge in [0.05, 0.1) is 0 Å². The Balaban J connectivity index is 1.62. The molecule has 0 aliphatic carbocycles. The molecule has 0 aliphatic rings. The largest absolute Gasteiger partial charge is 0.350 e. The predicted molar refractivity (Wildman–Crippen MR) is 107 cm³/mol. The molecule has 138 valence electrons. The van der Waals surface area contributed by atoms with Crippen molar-refractivity contribution in [1.82, 2.24) is 16.0 Å². The average Bonchev–Trinajstić information content (AvgIpc) is 2.60. The van der Waals surface area contributed by atoms with E-state index in [1.165, 1.54) is 16.7 Å². The molecule has 6 heteroatoms. The Hall–Kier alpha value is -2.34. The zero-order valence-corrected chi connectivity index (χ0v) is 16.7. The molecule has 0 aliphatic heterocycles. The van der Waals surface area contributed by atoms with Crippen molar-refractivity contribution in [3.63, 3.8) is 0 Å². The first-order valence-electron chi connectivity index (χ1n) is 8.57. The second kappa shape index (κ2) is 9.97. The summed E-state index contributed by atoms with van der Waals surface area (Å²) in [5.41, 5.74) is 4.29. The van der Waals surface area contributed by atoms with Crippen LogP contribution in [0.15, 0.2) is 46.9 Å². The van der Waals surface area contributed by atoms with Crippen molar-refractivity contribution < 1.29 is 9.59 Å². The van der Waals surface area contributed by atoms with E-state index in [-0.39, 0.29) is 11.9 Å². The molecule has 2 aromatic rings. The van der Waals surface area contributed by atoms with Crippen LogP contribution >= 0.6 is 15.9 Å². The van der Waals surface area contributed by atoms with E-state index in [2.05, 4.69) is 63.9 Å². The highest BCUT2D eigenvalue weighted by molar-refractivity contribution is 9.10. The zero-order valence-electron chi connectivity index (χ0n) is 15.1. The Morgan fingerprint density at radius 2 is 1.65 bits per heavy atom. The van der Waals surface area contributed by atoms with Crippen molar-refractivity contribution in [2.45, 2.75) is 20.3 Å². The summed E-state index contributed by atoms with van der Waals surface area (Å²) >= 11 is 3.33. The maximum absolute atomic E-state index is 12.0. The van der Waals surface area contributed by atoms with Crippen LogP contribution in [0.1, 0.15) is 27.0 Å². The lowest BCUT2D eigenvalue weighted by Crippen LogP contribution is -2.41. The van der Waals surface area contributed by atoms with Crippen LogP contribution < -0.4 is 16.0 Å². The molecule has 26 heavy (non-hydrogen) atoms. The lowest BCUT2D eigenvalue weighted by atomic mass is 10.0. The topological polar surface area (TPSA) is 70.2 Å². The van der Waals surface area contributed by atoms with Crippen LogP contribution in [0, 0.1) is 13.8 Å². The Labute approximate surface area is 162 Å². The molecule has 0 radical (unpaired) electrons. The van der Waals surface area contributed by atoms with Crippen LogP contribution in [-0.4, -0.2) is 31.6 Å². The van der Waals surface area contributed by atoms with Crippen LogP contribution in [0.3, 0.4) is 0 Å². The lowest BCUT2D eigenvalue weighted by molar-refractivity contribution is 0.0953. The summed E-state index contributed by atoms with van der Waals surface area (Å²) in [7, 11) is 0. The number of carbonyl (C=O) groups is 2. The van der Waals surface area contributed by atoms with Crippen LogP contribution in [0.5, 0.6) is 0 Å². The quantitative estimate of drug-likeness (QED) is 0.604. The minimum Gasteiger partial charge on any atom is -0.350 e. The van der Waals surface area contributed by atoms with Gasteiger partial charge in [0.2, 0.25) is 0 Å². The highest BCUT2D eigenvalue weighted by Crippen LogP contribution is 2.11. The average molecular weight is 418 g/mol. The highest BCUT2D eigenvalue weighted by Gasteiger charge is 2.06. The number of aryl methyl sites for hydroxylation is 2. The van der Waals surface area contributed by atoms with E-state index in [4.69, 9.17) is 0 Å². The van der Waals surface area contributed by atoms with Gasteiger partial charge in [0.15, 0.2) is 0 Å². The van der Waals surface area contributed by atoms with Gasteiger partial charge in [-0.2, -0.15) is 0 Å². The highest BCUT2D eigenvalue weighted by atomic mass is 79.9. The molecule has 0 saturated heterocycles. The van der Waals surface area contributed by atoms with E-state index in [1.54, 1.807) is 18.2 Å². The molecule has 0 aromatic heterocycles. The Kier molecular flexibility index (Phi) is 7.66. The van der Waals surface area contributed by atoms with Crippen molar-refractivity contribution in [3.05, 3.63) is 69.2 Å². The third kappa shape index (κ3) is 6.52. The van der Waals surface area contributed by atoms with Gasteiger partial charge in [0, 0.05) is 29.7 Å². The van der Waals surface area contributed by atoms with E-state index >= 15 is 0 Å². The maximum Gasteiger partial charge on any atom is 0.314 e. The fourth-order valence-corrected chi connectivity index (χ4v) is 2.98. The Morgan fingerprint density at radius 1 is 0.923 bits per heavy atom. The first kappa shape index (κ1) is 20.0. The fourth-order valence-electron chi connectivity index (χ4n) is 2.58. The standard InChI is InChI=1S/C20H24BrN3O2/c1-14-6-7-16(15(2)12-14)8-9-23-20(26)24-11-10-22-19(25)17-4-3-5-18(21)13-17/h3-7,12-13H,8-11H2,1-2H3,(H,22,25)(H2,23,24,26). The Bertz CT molecular complexity index is 777. The molecular formula is C20H24BrN3O2. The number of hydrogen-bond donors (Lipinski definition) is 3. The first-order valence-corrected chi connectivity index (χ1v) is 9.36. The van der Waals surface area contributed by atoms with Crippen LogP contribution in [-0.2, 0) is 6.42 Å². The SMILES string of the molecule is Cc1ccc(CCNC(=O)NCCNC(=O)c2cccc(Br)c2)c(C)c1. The molecule has 3 amide bonds. The molecule has 0 saturated carbocycles. The summed E-state index contributed by atoms with van der Waals surface area (Å²) in [5.74, 6) is -0.164. The van der Waals surface area contributed by atoms with Gasteiger partial charge in [-0.1, -0.05) is 45.8 Å². The number of nitrogens with one attached hydrogen (secondary N) is 3. The van der Waals surface area contributed by atoms with Gasteiger partial charge in [0.1, 0.15) is 0 Å². The molecule has 0 fully saturated rings. The summed E-state index contributed by atoms with van der Waals surface area (Å²) in [6, 6.07) is 13.3. The molecule has 0 spiro atoms. The van der Waals surface area contributed by atoms with Gasteiger partial charge >= 0.3 is 6.03 Å². The summed E-state index contributed by atoms with van der Waals surface area (Å²) in [4.78, 5) is 23.8. The van der Waals surface area contributed by atoms with Crippen molar-refractivity contribution in [2.75, 3.05) is 19.6 Å². The second-order valence-corrected chi connectivity index (χ2v) is 7.04. The smallest absolute Gasteiger partial charge is 0.314 e. The number of amides is 3. The van der Waals surface area contributed by atoms with Crippen molar-refractivity contribution in [1.29, 1.82) is 0 Å². The Morgan fingerprint density at radius 3 is 2.38 bits per heavy atom. The van der Waals surface area contributed by atoms with Gasteiger partial charge < -0.3 is 16.0 Å². The normalized spacial score (nSPS) is 10.3. The second-order valence-electron chi connectivity index (χ2n) is 6.13. The summed E-state index contributed by atoms with van der Waals surface area (Å²) in [6.07, 6.45) is 0.791. The van der Waals surface area contributed by atoms with Gasteiger partial charge in [-0.3, -0.25) is 4.79 Å². The number of carbonyl (C=O) groups excluding carboxylic acids is 2. The van der Waals surface area contributed by atoms with Crippen LogP contribution in [0.2, 0.25) is 0 Å². The third-order valence-corrected chi connectivity index (χ3v) is 4.45. The maximum atomic E-state index is 12.0. The van der Waals surface area contributed by atoms with Crippen molar-refractivity contribution in [2.24, 2.45) is 0 Å².